The maximum absolute atomic E-state index is 12.8. The number of amidine groups is 1. The standard InChI is InChI=1S/C17H22N4O3S.ClH/c1-11(17(22)21-9-8-12-6-7-13(10-21)19-12)18-16-14-4-2-3-5-15(14)25(23,24)20-16;/h2-5,11-13,19H,6-10H2,1H3,(H,18,20);1H. The van der Waals surface area contributed by atoms with Gasteiger partial charge in [0.25, 0.3) is 10.0 Å². The summed E-state index contributed by atoms with van der Waals surface area (Å²) in [6.07, 6.45) is 3.24. The van der Waals surface area contributed by atoms with Gasteiger partial charge in [-0.05, 0) is 38.3 Å². The van der Waals surface area contributed by atoms with Crippen LogP contribution in [0, 0.1) is 0 Å². The molecule has 2 fully saturated rings. The number of carbonyl (C=O) groups excluding carboxylic acids is 1. The third kappa shape index (κ3) is 3.45. The van der Waals surface area contributed by atoms with Crippen molar-refractivity contribution in [2.24, 2.45) is 4.99 Å². The van der Waals surface area contributed by atoms with Gasteiger partial charge in [-0.3, -0.25) is 14.5 Å². The van der Waals surface area contributed by atoms with E-state index in [0.29, 0.717) is 24.2 Å². The van der Waals surface area contributed by atoms with E-state index < -0.39 is 16.1 Å². The van der Waals surface area contributed by atoms with E-state index in [2.05, 4.69) is 15.0 Å². The molecule has 3 atom stereocenters. The van der Waals surface area contributed by atoms with E-state index in [9.17, 15) is 13.2 Å². The summed E-state index contributed by atoms with van der Waals surface area (Å²) in [5.41, 5.74) is 0.527. The highest BCUT2D eigenvalue weighted by atomic mass is 35.5. The molecule has 2 bridgehead atoms. The summed E-state index contributed by atoms with van der Waals surface area (Å²) < 4.78 is 26.8. The number of hydrogen-bond donors (Lipinski definition) is 2. The van der Waals surface area contributed by atoms with Gasteiger partial charge in [-0.1, -0.05) is 12.1 Å². The topological polar surface area (TPSA) is 90.9 Å². The van der Waals surface area contributed by atoms with Crippen LogP contribution in [0.4, 0.5) is 0 Å². The summed E-state index contributed by atoms with van der Waals surface area (Å²) in [5.74, 6) is 0.205. The average molecular weight is 399 g/mol. The molecule has 3 unspecified atom stereocenters. The summed E-state index contributed by atoms with van der Waals surface area (Å²) in [4.78, 5) is 19.3. The molecule has 0 saturated carbocycles. The van der Waals surface area contributed by atoms with Gasteiger partial charge < -0.3 is 10.2 Å². The molecule has 0 spiro atoms. The molecular formula is C17H23ClN4O3S. The Kier molecular flexibility index (Phi) is 5.28. The number of fused-ring (bicyclic) bond motifs is 3. The van der Waals surface area contributed by atoms with Crippen LogP contribution in [0.5, 0.6) is 0 Å². The molecule has 2 saturated heterocycles. The predicted octanol–water partition coefficient (Wildman–Crippen LogP) is 0.888. The van der Waals surface area contributed by atoms with Crippen LogP contribution in [0.25, 0.3) is 0 Å². The van der Waals surface area contributed by atoms with Crippen LogP contribution in [0.1, 0.15) is 31.7 Å². The van der Waals surface area contributed by atoms with Crippen molar-refractivity contribution in [3.8, 4) is 0 Å². The van der Waals surface area contributed by atoms with E-state index in [0.717, 1.165) is 19.4 Å². The summed E-state index contributed by atoms with van der Waals surface area (Å²) in [7, 11) is -3.58. The van der Waals surface area contributed by atoms with E-state index >= 15 is 0 Å². The molecule has 0 aliphatic carbocycles. The van der Waals surface area contributed by atoms with E-state index in [-0.39, 0.29) is 29.0 Å². The Bertz CT molecular complexity index is 842. The number of rotatable bonds is 2. The number of sulfonamides is 1. The highest BCUT2D eigenvalue weighted by molar-refractivity contribution is 7.90. The lowest BCUT2D eigenvalue weighted by Gasteiger charge is -2.26. The Morgan fingerprint density at radius 3 is 2.77 bits per heavy atom. The van der Waals surface area contributed by atoms with Crippen molar-refractivity contribution < 1.29 is 13.2 Å². The minimum Gasteiger partial charge on any atom is -0.339 e. The molecule has 9 heteroatoms. The maximum Gasteiger partial charge on any atom is 0.263 e. The number of halogens is 1. The number of aliphatic imine (C=N–C) groups is 1. The molecule has 2 N–H and O–H groups in total. The lowest BCUT2D eigenvalue weighted by Crippen LogP contribution is -2.43. The first kappa shape index (κ1) is 19.1. The SMILES string of the molecule is CC(N=C1NS(=O)(=O)c2ccccc21)C(=O)N1CCC2CCC(C1)N2.Cl. The Morgan fingerprint density at radius 2 is 1.96 bits per heavy atom. The number of benzene rings is 1. The zero-order chi connectivity index (χ0) is 17.6. The molecule has 26 heavy (non-hydrogen) atoms. The minimum absolute atomic E-state index is 0. The molecule has 1 amide bonds. The van der Waals surface area contributed by atoms with E-state index in [4.69, 9.17) is 0 Å². The first-order valence-corrected chi connectivity index (χ1v) is 10.2. The van der Waals surface area contributed by atoms with Crippen molar-refractivity contribution >= 4 is 34.2 Å². The molecular weight excluding hydrogens is 376 g/mol. The van der Waals surface area contributed by atoms with E-state index in [1.54, 1.807) is 31.2 Å². The zero-order valence-electron chi connectivity index (χ0n) is 14.5. The van der Waals surface area contributed by atoms with Crippen molar-refractivity contribution in [2.75, 3.05) is 13.1 Å². The Labute approximate surface area is 159 Å². The van der Waals surface area contributed by atoms with Crippen LogP contribution < -0.4 is 10.0 Å². The van der Waals surface area contributed by atoms with Crippen LogP contribution in [0.3, 0.4) is 0 Å². The number of likely N-dealkylation sites (tertiary alicyclic amines) is 1. The van der Waals surface area contributed by atoms with E-state index in [1.165, 1.54) is 6.42 Å². The number of amides is 1. The second-order valence-corrected chi connectivity index (χ2v) is 8.62. The molecule has 3 heterocycles. The van der Waals surface area contributed by atoms with Crippen LogP contribution in [-0.4, -0.2) is 56.3 Å². The van der Waals surface area contributed by atoms with Crippen molar-refractivity contribution in [3.63, 3.8) is 0 Å². The number of nitrogens with one attached hydrogen (secondary N) is 2. The van der Waals surface area contributed by atoms with Gasteiger partial charge in [-0.15, -0.1) is 12.4 Å². The third-order valence-electron chi connectivity index (χ3n) is 5.18. The van der Waals surface area contributed by atoms with Crippen LogP contribution in [0.2, 0.25) is 0 Å². The summed E-state index contributed by atoms with van der Waals surface area (Å²) in [6.45, 7) is 3.15. The number of hydrogen-bond acceptors (Lipinski definition) is 5. The van der Waals surface area contributed by atoms with Gasteiger partial charge >= 0.3 is 0 Å². The zero-order valence-corrected chi connectivity index (χ0v) is 16.1. The van der Waals surface area contributed by atoms with Crippen LogP contribution >= 0.6 is 12.4 Å². The molecule has 1 aromatic rings. The molecule has 4 rings (SSSR count). The highest BCUT2D eigenvalue weighted by Crippen LogP contribution is 2.24. The van der Waals surface area contributed by atoms with Crippen molar-refractivity contribution in [3.05, 3.63) is 29.8 Å². The summed E-state index contributed by atoms with van der Waals surface area (Å²) in [5, 5.41) is 3.55. The Hall–Kier alpha value is -1.64. The lowest BCUT2D eigenvalue weighted by molar-refractivity contribution is -0.132. The molecule has 3 aliphatic heterocycles. The third-order valence-corrected chi connectivity index (χ3v) is 6.57. The van der Waals surface area contributed by atoms with Gasteiger partial charge in [0.05, 0.1) is 4.90 Å². The van der Waals surface area contributed by atoms with Gasteiger partial charge in [0.15, 0.2) is 0 Å². The van der Waals surface area contributed by atoms with Gasteiger partial charge in [0.1, 0.15) is 11.9 Å². The van der Waals surface area contributed by atoms with Crippen LogP contribution in [0.15, 0.2) is 34.2 Å². The largest absolute Gasteiger partial charge is 0.339 e. The molecule has 142 valence electrons. The van der Waals surface area contributed by atoms with Crippen LogP contribution in [-0.2, 0) is 14.8 Å². The minimum atomic E-state index is -3.58. The lowest BCUT2D eigenvalue weighted by atomic mass is 10.1. The molecule has 0 aromatic heterocycles. The maximum atomic E-state index is 12.8. The van der Waals surface area contributed by atoms with Gasteiger partial charge in [-0.2, -0.15) is 0 Å². The first-order valence-electron chi connectivity index (χ1n) is 8.69. The molecule has 3 aliphatic rings. The van der Waals surface area contributed by atoms with Crippen molar-refractivity contribution in [1.82, 2.24) is 14.9 Å². The fourth-order valence-corrected chi connectivity index (χ4v) is 5.13. The monoisotopic (exact) mass is 398 g/mol. The smallest absolute Gasteiger partial charge is 0.263 e. The molecule has 1 aromatic carbocycles. The van der Waals surface area contributed by atoms with Gasteiger partial charge in [0, 0.05) is 30.7 Å². The first-order chi connectivity index (χ1) is 11.9. The van der Waals surface area contributed by atoms with Crippen molar-refractivity contribution in [1.29, 1.82) is 0 Å². The second-order valence-electron chi connectivity index (χ2n) is 6.97. The summed E-state index contributed by atoms with van der Waals surface area (Å²) >= 11 is 0. The second kappa shape index (κ2) is 7.17. The average Bonchev–Trinajstić information content (AvgIpc) is 3.04. The number of carbonyl (C=O) groups is 1. The molecule has 7 nitrogen and oxygen atoms in total. The Balaban J connectivity index is 0.00000196. The quantitative estimate of drug-likeness (QED) is 0.774. The fourth-order valence-electron chi connectivity index (χ4n) is 3.89. The Morgan fingerprint density at radius 1 is 1.23 bits per heavy atom. The number of nitrogens with zero attached hydrogens (tertiary/aromatic N) is 2. The molecule has 0 radical (unpaired) electrons. The van der Waals surface area contributed by atoms with Crippen molar-refractivity contribution in [2.45, 2.75) is 49.2 Å². The van der Waals surface area contributed by atoms with E-state index in [1.807, 2.05) is 4.90 Å². The van der Waals surface area contributed by atoms with Gasteiger partial charge in [-0.25, -0.2) is 8.42 Å². The normalized spacial score (nSPS) is 28.7. The summed E-state index contributed by atoms with van der Waals surface area (Å²) in [6, 6.07) is 6.94. The fraction of sp³-hybridized carbons (Fsp3) is 0.529. The predicted molar refractivity (Wildman–Crippen MR) is 101 cm³/mol. The highest BCUT2D eigenvalue weighted by Gasteiger charge is 2.34. The van der Waals surface area contributed by atoms with Gasteiger partial charge in [0.2, 0.25) is 5.91 Å².